The van der Waals surface area contributed by atoms with E-state index in [1.807, 2.05) is 0 Å². The van der Waals surface area contributed by atoms with E-state index in [4.69, 9.17) is 33.7 Å². The van der Waals surface area contributed by atoms with Crippen molar-refractivity contribution in [2.45, 2.75) is 6.54 Å². The maximum absolute atomic E-state index is 9.55. The molecule has 0 unspecified atom stereocenters. The third-order valence-electron chi connectivity index (χ3n) is 1.68. The Morgan fingerprint density at radius 2 is 2.15 bits per heavy atom. The van der Waals surface area contributed by atoms with Gasteiger partial charge in [0, 0.05) is 18.2 Å². The third kappa shape index (κ3) is 1.82. The topological polar surface area (TPSA) is 55.5 Å². The highest BCUT2D eigenvalue weighted by atomic mass is 35.5. The Kier molecular flexibility index (Phi) is 3.25. The molecule has 0 spiro atoms. The third-order valence-corrected chi connectivity index (χ3v) is 2.50. The summed E-state index contributed by atoms with van der Waals surface area (Å²) in [5.41, 5.74) is 5.78. The Morgan fingerprint density at radius 1 is 1.54 bits per heavy atom. The van der Waals surface area contributed by atoms with Crippen LogP contribution < -0.4 is 10.5 Å². The summed E-state index contributed by atoms with van der Waals surface area (Å²) in [6.45, 7) is 0.113. The number of halogens is 2. The SMILES string of the molecule is COc1cc(Cl)c(Cl)c(CN)c1O. The van der Waals surface area contributed by atoms with Crippen molar-refractivity contribution < 1.29 is 9.84 Å². The normalized spacial score (nSPS) is 10.2. The largest absolute Gasteiger partial charge is 0.504 e. The van der Waals surface area contributed by atoms with Crippen LogP contribution in [-0.2, 0) is 6.54 Å². The van der Waals surface area contributed by atoms with Crippen molar-refractivity contribution in [3.8, 4) is 11.5 Å². The van der Waals surface area contributed by atoms with Gasteiger partial charge < -0.3 is 15.6 Å². The molecule has 0 aliphatic carbocycles. The fraction of sp³-hybridized carbons (Fsp3) is 0.250. The average molecular weight is 222 g/mol. The minimum atomic E-state index is -0.0561. The number of benzene rings is 1. The zero-order chi connectivity index (χ0) is 10.0. The Balaban J connectivity index is 3.39. The molecule has 5 heteroatoms. The lowest BCUT2D eigenvalue weighted by atomic mass is 10.2. The van der Waals surface area contributed by atoms with E-state index in [9.17, 15) is 5.11 Å². The van der Waals surface area contributed by atoms with Gasteiger partial charge in [0.15, 0.2) is 11.5 Å². The Bertz CT molecular complexity index is 328. The highest BCUT2D eigenvalue weighted by molar-refractivity contribution is 6.42. The second-order valence-corrected chi connectivity index (χ2v) is 3.19. The van der Waals surface area contributed by atoms with Gasteiger partial charge in [-0.15, -0.1) is 0 Å². The van der Waals surface area contributed by atoms with Crippen molar-refractivity contribution in [3.63, 3.8) is 0 Å². The first-order valence-electron chi connectivity index (χ1n) is 3.55. The van der Waals surface area contributed by atoms with Gasteiger partial charge in [-0.05, 0) is 0 Å². The molecule has 0 atom stereocenters. The maximum Gasteiger partial charge on any atom is 0.163 e. The fourth-order valence-corrected chi connectivity index (χ4v) is 1.42. The molecule has 1 rings (SSSR count). The van der Waals surface area contributed by atoms with Gasteiger partial charge >= 0.3 is 0 Å². The van der Waals surface area contributed by atoms with Crippen LogP contribution >= 0.6 is 23.2 Å². The molecular formula is C8H9Cl2NO2. The predicted octanol–water partition coefficient (Wildman–Crippen LogP) is 2.17. The smallest absolute Gasteiger partial charge is 0.163 e. The maximum atomic E-state index is 9.55. The summed E-state index contributed by atoms with van der Waals surface area (Å²) in [7, 11) is 1.43. The van der Waals surface area contributed by atoms with E-state index < -0.39 is 0 Å². The second kappa shape index (κ2) is 4.05. The standard InChI is InChI=1S/C8H9Cl2NO2/c1-13-6-2-5(9)7(10)4(3-11)8(6)12/h2,12H,3,11H2,1H3. The van der Waals surface area contributed by atoms with Gasteiger partial charge in [0.2, 0.25) is 0 Å². The quantitative estimate of drug-likeness (QED) is 0.806. The van der Waals surface area contributed by atoms with Crippen molar-refractivity contribution in [2.75, 3.05) is 7.11 Å². The summed E-state index contributed by atoms with van der Waals surface area (Å²) in [5.74, 6) is 0.217. The summed E-state index contributed by atoms with van der Waals surface area (Å²) in [6, 6.07) is 1.44. The van der Waals surface area contributed by atoms with Gasteiger partial charge in [-0.1, -0.05) is 23.2 Å². The van der Waals surface area contributed by atoms with E-state index in [0.29, 0.717) is 10.6 Å². The monoisotopic (exact) mass is 221 g/mol. The van der Waals surface area contributed by atoms with E-state index in [1.54, 1.807) is 0 Å². The lowest BCUT2D eigenvalue weighted by Crippen LogP contribution is -1.99. The molecule has 13 heavy (non-hydrogen) atoms. The Labute approximate surface area is 86.0 Å². The Morgan fingerprint density at radius 3 is 2.62 bits per heavy atom. The molecule has 0 bridgehead atoms. The summed E-state index contributed by atoms with van der Waals surface area (Å²) >= 11 is 11.6. The fourth-order valence-electron chi connectivity index (χ4n) is 0.986. The van der Waals surface area contributed by atoms with Crippen molar-refractivity contribution in [2.24, 2.45) is 5.73 Å². The van der Waals surface area contributed by atoms with Crippen molar-refractivity contribution in [3.05, 3.63) is 21.7 Å². The molecule has 72 valence electrons. The minimum absolute atomic E-state index is 0.0561. The molecule has 0 aromatic heterocycles. The van der Waals surface area contributed by atoms with Gasteiger partial charge in [-0.25, -0.2) is 0 Å². The van der Waals surface area contributed by atoms with E-state index in [1.165, 1.54) is 13.2 Å². The number of phenols is 1. The zero-order valence-corrected chi connectivity index (χ0v) is 8.49. The van der Waals surface area contributed by atoms with Crippen LogP contribution in [0.2, 0.25) is 10.0 Å². The van der Waals surface area contributed by atoms with E-state index in [-0.39, 0.29) is 23.1 Å². The van der Waals surface area contributed by atoms with E-state index >= 15 is 0 Å². The lowest BCUT2D eigenvalue weighted by molar-refractivity contribution is 0.371. The number of phenolic OH excluding ortho intramolecular Hbond substituents is 1. The van der Waals surface area contributed by atoms with Gasteiger partial charge in [-0.2, -0.15) is 0 Å². The Hall–Kier alpha value is -0.640. The molecule has 0 amide bonds. The zero-order valence-electron chi connectivity index (χ0n) is 6.97. The summed E-state index contributed by atoms with van der Waals surface area (Å²) in [4.78, 5) is 0. The molecule has 1 aromatic carbocycles. The summed E-state index contributed by atoms with van der Waals surface area (Å²) in [5, 5.41) is 10.1. The van der Waals surface area contributed by atoms with Crippen molar-refractivity contribution in [1.29, 1.82) is 0 Å². The molecular weight excluding hydrogens is 213 g/mol. The predicted molar refractivity (Wildman–Crippen MR) is 52.6 cm³/mol. The van der Waals surface area contributed by atoms with Crippen LogP contribution in [0.4, 0.5) is 0 Å². The molecule has 0 saturated heterocycles. The molecule has 0 aliphatic heterocycles. The lowest BCUT2D eigenvalue weighted by Gasteiger charge is -2.10. The molecule has 0 radical (unpaired) electrons. The molecule has 0 aliphatic rings. The van der Waals surface area contributed by atoms with Crippen LogP contribution in [0.25, 0.3) is 0 Å². The van der Waals surface area contributed by atoms with Crippen LogP contribution in [0.5, 0.6) is 11.5 Å². The van der Waals surface area contributed by atoms with Gasteiger partial charge in [-0.3, -0.25) is 0 Å². The number of methoxy groups -OCH3 is 1. The van der Waals surface area contributed by atoms with Crippen LogP contribution in [0.1, 0.15) is 5.56 Å². The van der Waals surface area contributed by atoms with Crippen molar-refractivity contribution in [1.82, 2.24) is 0 Å². The van der Waals surface area contributed by atoms with Crippen LogP contribution in [-0.4, -0.2) is 12.2 Å². The minimum Gasteiger partial charge on any atom is -0.504 e. The number of hydrogen-bond acceptors (Lipinski definition) is 3. The van der Waals surface area contributed by atoms with E-state index in [2.05, 4.69) is 0 Å². The first kappa shape index (κ1) is 10.4. The van der Waals surface area contributed by atoms with Crippen molar-refractivity contribution >= 4 is 23.2 Å². The van der Waals surface area contributed by atoms with Crippen LogP contribution in [0.3, 0.4) is 0 Å². The van der Waals surface area contributed by atoms with Gasteiger partial charge in [0.25, 0.3) is 0 Å². The van der Waals surface area contributed by atoms with E-state index in [0.717, 1.165) is 0 Å². The van der Waals surface area contributed by atoms with Crippen LogP contribution in [0.15, 0.2) is 6.07 Å². The number of aromatic hydroxyl groups is 1. The van der Waals surface area contributed by atoms with Gasteiger partial charge in [0.05, 0.1) is 17.2 Å². The molecule has 3 N–H and O–H groups in total. The molecule has 0 saturated carbocycles. The molecule has 1 aromatic rings. The molecule has 0 fully saturated rings. The average Bonchev–Trinajstić information content (AvgIpc) is 2.12. The number of hydrogen-bond donors (Lipinski definition) is 2. The highest BCUT2D eigenvalue weighted by Crippen LogP contribution is 2.39. The van der Waals surface area contributed by atoms with Crippen LogP contribution in [0, 0.1) is 0 Å². The molecule has 3 nitrogen and oxygen atoms in total. The number of rotatable bonds is 2. The highest BCUT2D eigenvalue weighted by Gasteiger charge is 2.14. The van der Waals surface area contributed by atoms with Gasteiger partial charge in [0.1, 0.15) is 0 Å². The first-order chi connectivity index (χ1) is 6.11. The number of nitrogens with two attached hydrogens (primary N) is 1. The molecule has 0 heterocycles. The second-order valence-electron chi connectivity index (χ2n) is 2.41. The summed E-state index contributed by atoms with van der Waals surface area (Å²) in [6.07, 6.45) is 0. The first-order valence-corrected chi connectivity index (χ1v) is 4.31. The summed E-state index contributed by atoms with van der Waals surface area (Å²) < 4.78 is 4.87. The number of ether oxygens (including phenoxy) is 1.